The van der Waals surface area contributed by atoms with Crippen molar-refractivity contribution in [1.82, 2.24) is 9.80 Å². The highest BCUT2D eigenvalue weighted by molar-refractivity contribution is 5.67. The summed E-state index contributed by atoms with van der Waals surface area (Å²) in [6.07, 6.45) is -10.0. The number of hydrogen-bond donors (Lipinski definition) is 0. The van der Waals surface area contributed by atoms with Crippen molar-refractivity contribution in [2.75, 3.05) is 32.7 Å². The summed E-state index contributed by atoms with van der Waals surface area (Å²) in [5.41, 5.74) is -3.35. The Morgan fingerprint density at radius 1 is 0.963 bits per heavy atom. The molecule has 0 unspecified atom stereocenters. The van der Waals surface area contributed by atoms with Gasteiger partial charge in [-0.3, -0.25) is 4.90 Å². The number of ether oxygens (including phenoxy) is 1. The van der Waals surface area contributed by atoms with E-state index in [9.17, 15) is 35.9 Å². The van der Waals surface area contributed by atoms with Crippen molar-refractivity contribution < 1.29 is 40.7 Å². The molecule has 1 amide bonds. The van der Waals surface area contributed by atoms with Crippen LogP contribution in [0.25, 0.3) is 0 Å². The fraction of sp³-hybridized carbons (Fsp3) is 0.500. The van der Waals surface area contributed by atoms with Crippen LogP contribution in [0.3, 0.4) is 0 Å². The van der Waals surface area contributed by atoms with Crippen LogP contribution in [-0.2, 0) is 28.5 Å². The number of rotatable bonds is 4. The Labute approximate surface area is 150 Å². The van der Waals surface area contributed by atoms with E-state index in [-0.39, 0.29) is 25.7 Å². The van der Waals surface area contributed by atoms with Crippen molar-refractivity contribution in [3.05, 3.63) is 34.9 Å². The lowest BCUT2D eigenvalue weighted by atomic mass is 10.1. The number of nitrogens with zero attached hydrogens (tertiary/aromatic N) is 2. The van der Waals surface area contributed by atoms with Gasteiger partial charge in [0.15, 0.2) is 0 Å². The zero-order chi connectivity index (χ0) is 20.2. The maximum Gasteiger partial charge on any atom is 0.416 e. The first-order chi connectivity index (χ1) is 12.5. The number of carbonyl (C=O) groups is 2. The van der Waals surface area contributed by atoms with Gasteiger partial charge in [-0.2, -0.15) is 26.3 Å². The fourth-order valence-electron chi connectivity index (χ4n) is 2.56. The average Bonchev–Trinajstić information content (AvgIpc) is 2.59. The van der Waals surface area contributed by atoms with E-state index in [2.05, 4.69) is 0 Å². The van der Waals surface area contributed by atoms with Crippen molar-refractivity contribution in [2.24, 2.45) is 0 Å². The minimum absolute atomic E-state index is 0.0115. The summed E-state index contributed by atoms with van der Waals surface area (Å²) in [5.74, 6) is 0. The molecular formula is C16H16F6N2O3. The van der Waals surface area contributed by atoms with Crippen LogP contribution in [0.2, 0.25) is 0 Å². The molecule has 0 N–H and O–H groups in total. The summed E-state index contributed by atoms with van der Waals surface area (Å²) < 4.78 is 81.7. The van der Waals surface area contributed by atoms with Gasteiger partial charge >= 0.3 is 18.4 Å². The zero-order valence-electron chi connectivity index (χ0n) is 13.9. The van der Waals surface area contributed by atoms with Gasteiger partial charge in [-0.25, -0.2) is 4.79 Å². The molecule has 0 aliphatic carbocycles. The highest BCUT2D eigenvalue weighted by atomic mass is 19.4. The largest absolute Gasteiger partial charge is 0.445 e. The first kappa shape index (κ1) is 21.0. The van der Waals surface area contributed by atoms with E-state index < -0.39 is 41.7 Å². The lowest BCUT2D eigenvalue weighted by molar-refractivity contribution is -0.143. The second kappa shape index (κ2) is 8.15. The Balaban J connectivity index is 2.04. The molecule has 150 valence electrons. The summed E-state index contributed by atoms with van der Waals surface area (Å²) in [4.78, 5) is 25.5. The van der Waals surface area contributed by atoms with Crippen molar-refractivity contribution in [2.45, 2.75) is 19.0 Å². The van der Waals surface area contributed by atoms with Gasteiger partial charge in [0, 0.05) is 26.2 Å². The predicted octanol–water partition coefficient (Wildman–Crippen LogP) is 3.18. The van der Waals surface area contributed by atoms with Crippen LogP contribution >= 0.6 is 0 Å². The number of alkyl halides is 6. The third-order valence-electron chi connectivity index (χ3n) is 3.97. The normalized spacial score (nSPS) is 16.3. The maximum absolute atomic E-state index is 12.8. The lowest BCUT2D eigenvalue weighted by Crippen LogP contribution is -2.49. The van der Waals surface area contributed by atoms with E-state index in [1.807, 2.05) is 0 Å². The molecule has 2 rings (SSSR count). The minimum Gasteiger partial charge on any atom is -0.445 e. The first-order valence-corrected chi connectivity index (χ1v) is 7.87. The molecule has 1 aliphatic heterocycles. The van der Waals surface area contributed by atoms with Crippen LogP contribution in [0.5, 0.6) is 0 Å². The molecule has 1 aromatic carbocycles. The van der Waals surface area contributed by atoms with E-state index >= 15 is 0 Å². The summed E-state index contributed by atoms with van der Waals surface area (Å²) in [5, 5.41) is 0. The van der Waals surface area contributed by atoms with Crippen LogP contribution in [0.15, 0.2) is 18.2 Å². The van der Waals surface area contributed by atoms with E-state index in [4.69, 9.17) is 4.74 Å². The van der Waals surface area contributed by atoms with Crippen LogP contribution in [0.1, 0.15) is 16.7 Å². The molecule has 27 heavy (non-hydrogen) atoms. The van der Waals surface area contributed by atoms with Gasteiger partial charge in [-0.05, 0) is 23.8 Å². The molecule has 0 bridgehead atoms. The van der Waals surface area contributed by atoms with Crippen molar-refractivity contribution in [3.63, 3.8) is 0 Å². The monoisotopic (exact) mass is 398 g/mol. The Bertz CT molecular complexity index is 649. The molecule has 11 heteroatoms. The molecule has 5 nitrogen and oxygen atoms in total. The average molecular weight is 398 g/mol. The molecule has 0 radical (unpaired) electrons. The number of carbonyl (C=O) groups excluding carboxylic acids is 2. The first-order valence-electron chi connectivity index (χ1n) is 7.87. The smallest absolute Gasteiger partial charge is 0.416 e. The summed E-state index contributed by atoms with van der Waals surface area (Å²) >= 11 is 0. The minimum atomic E-state index is -4.96. The van der Waals surface area contributed by atoms with Gasteiger partial charge < -0.3 is 14.4 Å². The number of benzene rings is 1. The number of aldehydes is 1. The third-order valence-corrected chi connectivity index (χ3v) is 3.97. The molecule has 1 fully saturated rings. The Hall–Kier alpha value is -2.30. The highest BCUT2D eigenvalue weighted by Crippen LogP contribution is 2.36. The van der Waals surface area contributed by atoms with Crippen LogP contribution in [0.4, 0.5) is 31.1 Å². The Morgan fingerprint density at radius 3 is 1.93 bits per heavy atom. The molecule has 0 saturated carbocycles. The summed E-state index contributed by atoms with van der Waals surface area (Å²) in [7, 11) is 0. The number of hydrogen-bond acceptors (Lipinski definition) is 4. The van der Waals surface area contributed by atoms with Crippen molar-refractivity contribution >= 4 is 12.4 Å². The number of piperazine rings is 1. The van der Waals surface area contributed by atoms with E-state index in [0.29, 0.717) is 25.2 Å². The third kappa shape index (κ3) is 5.84. The highest BCUT2D eigenvalue weighted by Gasteiger charge is 2.37. The molecule has 0 atom stereocenters. The molecule has 0 aromatic heterocycles. The van der Waals surface area contributed by atoms with Gasteiger partial charge in [-0.15, -0.1) is 0 Å². The maximum atomic E-state index is 12.8. The van der Waals surface area contributed by atoms with Gasteiger partial charge in [-0.1, -0.05) is 0 Å². The molecule has 1 aromatic rings. The van der Waals surface area contributed by atoms with E-state index in [1.54, 1.807) is 4.90 Å². The standard InChI is InChI=1S/C16H16F6N2O3/c17-15(18,19)12-7-11(8-13(9-12)16(20,21)22)10-27-14(26)24-3-1-23(2-4-24)5-6-25/h6-9H,1-5,10H2. The molecule has 1 heterocycles. The van der Waals surface area contributed by atoms with Crippen LogP contribution in [0, 0.1) is 0 Å². The molecular weight excluding hydrogens is 382 g/mol. The molecule has 0 spiro atoms. The van der Waals surface area contributed by atoms with E-state index in [1.165, 1.54) is 4.90 Å². The van der Waals surface area contributed by atoms with Gasteiger partial charge in [0.1, 0.15) is 12.9 Å². The second-order valence-corrected chi connectivity index (χ2v) is 5.92. The zero-order valence-corrected chi connectivity index (χ0v) is 13.9. The predicted molar refractivity (Wildman–Crippen MR) is 80.7 cm³/mol. The number of amides is 1. The number of halogens is 6. The SMILES string of the molecule is O=CCN1CCN(C(=O)OCc2cc(C(F)(F)F)cc(C(F)(F)F)c2)CC1. The quantitative estimate of drug-likeness (QED) is 0.578. The molecule has 1 saturated heterocycles. The van der Waals surface area contributed by atoms with Crippen LogP contribution < -0.4 is 0 Å². The summed E-state index contributed by atoms with van der Waals surface area (Å²) in [6, 6.07) is 1.05. The topological polar surface area (TPSA) is 49.9 Å². The summed E-state index contributed by atoms with van der Waals surface area (Å²) in [6.45, 7) is 0.797. The molecule has 1 aliphatic rings. The van der Waals surface area contributed by atoms with Crippen LogP contribution in [-0.4, -0.2) is 54.9 Å². The second-order valence-electron chi connectivity index (χ2n) is 5.92. The van der Waals surface area contributed by atoms with Gasteiger partial charge in [0.05, 0.1) is 17.7 Å². The van der Waals surface area contributed by atoms with Crippen molar-refractivity contribution in [1.29, 1.82) is 0 Å². The van der Waals surface area contributed by atoms with Gasteiger partial charge in [0.2, 0.25) is 0 Å². The fourth-order valence-corrected chi connectivity index (χ4v) is 2.56. The van der Waals surface area contributed by atoms with Crippen molar-refractivity contribution in [3.8, 4) is 0 Å². The lowest BCUT2D eigenvalue weighted by Gasteiger charge is -2.32. The van der Waals surface area contributed by atoms with E-state index in [0.717, 1.165) is 6.29 Å². The Kier molecular flexibility index (Phi) is 6.34. The Morgan fingerprint density at radius 2 is 1.48 bits per heavy atom. The van der Waals surface area contributed by atoms with Gasteiger partial charge in [0.25, 0.3) is 0 Å².